The van der Waals surface area contributed by atoms with Crippen LogP contribution in [0.5, 0.6) is 0 Å². The molecule has 0 atom stereocenters. The van der Waals surface area contributed by atoms with Gasteiger partial charge in [-0.3, -0.25) is 10.1 Å². The molecule has 0 amide bonds. The second-order valence-electron chi connectivity index (χ2n) is 5.08. The molecule has 3 rings (SSSR count). The van der Waals surface area contributed by atoms with Crippen LogP contribution < -0.4 is 5.73 Å². The van der Waals surface area contributed by atoms with Gasteiger partial charge in [0.05, 0.1) is 4.92 Å². The summed E-state index contributed by atoms with van der Waals surface area (Å²) in [5.74, 6) is 0.679. The Balaban J connectivity index is 1.98. The van der Waals surface area contributed by atoms with Gasteiger partial charge in [0.15, 0.2) is 0 Å². The van der Waals surface area contributed by atoms with Crippen LogP contribution in [0.1, 0.15) is 11.1 Å². The molecule has 7 nitrogen and oxygen atoms in total. The van der Waals surface area contributed by atoms with Gasteiger partial charge < -0.3 is 10.3 Å². The largest absolute Gasteiger partial charge is 0.334 e. The molecule has 0 aliphatic rings. The molecule has 1 heterocycles. The summed E-state index contributed by atoms with van der Waals surface area (Å²) in [4.78, 5) is 14.8. The van der Waals surface area contributed by atoms with Gasteiger partial charge in [0.25, 0.3) is 11.6 Å². The minimum atomic E-state index is -0.453. The highest BCUT2D eigenvalue weighted by atomic mass is 16.6. The summed E-state index contributed by atoms with van der Waals surface area (Å²) in [5.41, 5.74) is 8.73. The van der Waals surface area contributed by atoms with Gasteiger partial charge >= 0.3 is 0 Å². The van der Waals surface area contributed by atoms with E-state index >= 15 is 0 Å². The van der Waals surface area contributed by atoms with Crippen molar-refractivity contribution in [1.82, 2.24) is 10.1 Å². The molecule has 0 aliphatic carbocycles. The number of nitro benzene ring substituents is 1. The van der Waals surface area contributed by atoms with Crippen LogP contribution in [0.15, 0.2) is 47.0 Å². The third-order valence-corrected chi connectivity index (χ3v) is 3.54. The number of hydrogen-bond donors (Lipinski definition) is 1. The minimum absolute atomic E-state index is 0.0161. The Morgan fingerprint density at radius 2 is 1.96 bits per heavy atom. The van der Waals surface area contributed by atoms with E-state index in [1.165, 1.54) is 12.1 Å². The Kier molecular flexibility index (Phi) is 3.86. The number of rotatable bonds is 4. The van der Waals surface area contributed by atoms with Crippen LogP contribution in [0, 0.1) is 17.0 Å². The lowest BCUT2D eigenvalue weighted by molar-refractivity contribution is -0.384. The molecule has 0 radical (unpaired) electrons. The van der Waals surface area contributed by atoms with E-state index in [2.05, 4.69) is 10.1 Å². The van der Waals surface area contributed by atoms with Crippen molar-refractivity contribution in [2.75, 3.05) is 0 Å². The molecule has 0 spiro atoms. The maximum Gasteiger partial charge on any atom is 0.270 e. The maximum absolute atomic E-state index is 10.9. The summed E-state index contributed by atoms with van der Waals surface area (Å²) in [6.45, 7) is 2.30. The molecule has 0 saturated heterocycles. The summed E-state index contributed by atoms with van der Waals surface area (Å²) in [5, 5.41) is 14.9. The molecule has 0 bridgehead atoms. The first kappa shape index (κ1) is 14.9. The zero-order valence-corrected chi connectivity index (χ0v) is 12.4. The number of non-ortho nitro benzene ring substituents is 1. The van der Waals surface area contributed by atoms with E-state index in [9.17, 15) is 10.1 Å². The fourth-order valence-corrected chi connectivity index (χ4v) is 2.19. The van der Waals surface area contributed by atoms with Crippen LogP contribution in [-0.4, -0.2) is 15.1 Å². The molecule has 0 saturated carbocycles. The van der Waals surface area contributed by atoms with Gasteiger partial charge in [-0.05, 0) is 18.1 Å². The van der Waals surface area contributed by atoms with E-state index in [0.29, 0.717) is 17.9 Å². The van der Waals surface area contributed by atoms with Gasteiger partial charge in [0.2, 0.25) is 5.82 Å². The monoisotopic (exact) mass is 310 g/mol. The number of nitrogens with zero attached hydrogens (tertiary/aromatic N) is 3. The number of hydrogen-bond acceptors (Lipinski definition) is 6. The first-order valence-corrected chi connectivity index (χ1v) is 6.97. The molecule has 1 aromatic heterocycles. The van der Waals surface area contributed by atoms with Gasteiger partial charge in [-0.25, -0.2) is 0 Å². The van der Waals surface area contributed by atoms with Gasteiger partial charge in [-0.2, -0.15) is 4.98 Å². The predicted octanol–water partition coefficient (Wildman–Crippen LogP) is 3.08. The molecule has 2 aromatic carbocycles. The van der Waals surface area contributed by atoms with E-state index in [1.54, 1.807) is 6.07 Å². The Bertz CT molecular complexity index is 856. The Morgan fingerprint density at radius 3 is 2.61 bits per heavy atom. The lowest BCUT2D eigenvalue weighted by Crippen LogP contribution is -1.95. The molecule has 23 heavy (non-hydrogen) atoms. The van der Waals surface area contributed by atoms with Crippen LogP contribution in [0.3, 0.4) is 0 Å². The molecule has 3 aromatic rings. The van der Waals surface area contributed by atoms with E-state index in [1.807, 2.05) is 31.2 Å². The van der Waals surface area contributed by atoms with Crippen molar-refractivity contribution in [3.05, 3.63) is 63.7 Å². The number of benzene rings is 2. The number of nitrogens with two attached hydrogens (primary N) is 1. The molecule has 0 fully saturated rings. The first-order valence-electron chi connectivity index (χ1n) is 6.97. The highest BCUT2D eigenvalue weighted by molar-refractivity contribution is 5.65. The molecular formula is C16H14N4O3. The highest BCUT2D eigenvalue weighted by Crippen LogP contribution is 2.28. The molecule has 0 aliphatic heterocycles. The van der Waals surface area contributed by atoms with Crippen molar-refractivity contribution in [3.63, 3.8) is 0 Å². The summed E-state index contributed by atoms with van der Waals surface area (Å²) >= 11 is 0. The molecule has 7 heteroatoms. The van der Waals surface area contributed by atoms with Crippen molar-refractivity contribution < 1.29 is 9.45 Å². The summed E-state index contributed by atoms with van der Waals surface area (Å²) in [7, 11) is 0. The van der Waals surface area contributed by atoms with Gasteiger partial charge in [0.1, 0.15) is 0 Å². The standard InChI is InChI=1S/C16H14N4O3/c1-10-2-7-13(20(21)22)8-14(10)16-18-15(19-23-16)12-5-3-11(9-17)4-6-12/h2-8H,9,17H2,1H3. The molecular weight excluding hydrogens is 296 g/mol. The van der Waals surface area contributed by atoms with Crippen LogP contribution in [0.4, 0.5) is 5.69 Å². The summed E-state index contributed by atoms with van der Waals surface area (Å²) in [6.07, 6.45) is 0. The van der Waals surface area contributed by atoms with Crippen molar-refractivity contribution in [1.29, 1.82) is 0 Å². The maximum atomic E-state index is 10.9. The van der Waals surface area contributed by atoms with Gasteiger partial charge in [-0.1, -0.05) is 35.5 Å². The Hall–Kier alpha value is -3.06. The number of nitro groups is 1. The third-order valence-electron chi connectivity index (χ3n) is 3.54. The Labute approximate surface area is 131 Å². The number of aromatic nitrogens is 2. The average molecular weight is 310 g/mol. The van der Waals surface area contributed by atoms with Crippen molar-refractivity contribution in [2.24, 2.45) is 5.73 Å². The summed E-state index contributed by atoms with van der Waals surface area (Å²) in [6, 6.07) is 12.0. The van der Waals surface area contributed by atoms with Crippen LogP contribution in [0.2, 0.25) is 0 Å². The second-order valence-corrected chi connectivity index (χ2v) is 5.08. The molecule has 0 unspecified atom stereocenters. The molecule has 116 valence electrons. The fourth-order valence-electron chi connectivity index (χ4n) is 2.19. The lowest BCUT2D eigenvalue weighted by atomic mass is 10.1. The first-order chi connectivity index (χ1) is 11.1. The van der Waals surface area contributed by atoms with Crippen molar-refractivity contribution >= 4 is 5.69 Å². The van der Waals surface area contributed by atoms with E-state index in [0.717, 1.165) is 16.7 Å². The third kappa shape index (κ3) is 2.95. The fraction of sp³-hybridized carbons (Fsp3) is 0.125. The summed E-state index contributed by atoms with van der Waals surface area (Å²) < 4.78 is 5.27. The van der Waals surface area contributed by atoms with Gasteiger partial charge in [0, 0.05) is 29.8 Å². The highest BCUT2D eigenvalue weighted by Gasteiger charge is 2.16. The van der Waals surface area contributed by atoms with Gasteiger partial charge in [-0.15, -0.1) is 0 Å². The van der Waals surface area contributed by atoms with E-state index < -0.39 is 4.92 Å². The van der Waals surface area contributed by atoms with Crippen LogP contribution >= 0.6 is 0 Å². The normalized spacial score (nSPS) is 10.7. The smallest absolute Gasteiger partial charge is 0.270 e. The van der Waals surface area contributed by atoms with Crippen molar-refractivity contribution in [3.8, 4) is 22.8 Å². The topological polar surface area (TPSA) is 108 Å². The SMILES string of the molecule is Cc1ccc([N+](=O)[O-])cc1-c1nc(-c2ccc(CN)cc2)no1. The van der Waals surface area contributed by atoms with Crippen molar-refractivity contribution in [2.45, 2.75) is 13.5 Å². The quantitative estimate of drug-likeness (QED) is 0.586. The Morgan fingerprint density at radius 1 is 1.22 bits per heavy atom. The van der Waals surface area contributed by atoms with E-state index in [-0.39, 0.29) is 11.6 Å². The molecule has 2 N–H and O–H groups in total. The average Bonchev–Trinajstić information content (AvgIpc) is 3.05. The predicted molar refractivity (Wildman–Crippen MR) is 84.5 cm³/mol. The zero-order valence-electron chi connectivity index (χ0n) is 12.4. The van der Waals surface area contributed by atoms with E-state index in [4.69, 9.17) is 10.3 Å². The minimum Gasteiger partial charge on any atom is -0.334 e. The second kappa shape index (κ2) is 5.98. The lowest BCUT2D eigenvalue weighted by Gasteiger charge is -2.00. The zero-order chi connectivity index (χ0) is 16.4. The number of aryl methyl sites for hydroxylation is 1. The van der Waals surface area contributed by atoms with Crippen LogP contribution in [0.25, 0.3) is 22.8 Å². The van der Waals surface area contributed by atoms with Crippen LogP contribution in [-0.2, 0) is 6.54 Å².